The summed E-state index contributed by atoms with van der Waals surface area (Å²) in [6.45, 7) is 9.30. The van der Waals surface area contributed by atoms with Crippen LogP contribution in [-0.4, -0.2) is 36.6 Å². The molecular weight excluding hydrogens is 276 g/mol. The van der Waals surface area contributed by atoms with Crippen molar-refractivity contribution < 1.29 is 9.53 Å². The zero-order valence-electron chi connectivity index (χ0n) is 13.4. The van der Waals surface area contributed by atoms with Crippen molar-refractivity contribution in [1.29, 1.82) is 0 Å². The van der Waals surface area contributed by atoms with Crippen molar-refractivity contribution in [3.63, 3.8) is 0 Å². The Hall–Kier alpha value is -1.65. The van der Waals surface area contributed by atoms with Gasteiger partial charge in [0.2, 0.25) is 0 Å². The third-order valence-electron chi connectivity index (χ3n) is 3.89. The number of rotatable bonds is 8. The summed E-state index contributed by atoms with van der Waals surface area (Å²) in [5.74, 6) is -0.114. The minimum atomic E-state index is -0.454. The van der Waals surface area contributed by atoms with E-state index in [0.29, 0.717) is 6.61 Å². The van der Waals surface area contributed by atoms with Crippen molar-refractivity contribution in [2.75, 3.05) is 25.0 Å². The maximum absolute atomic E-state index is 12.0. The number of nitrogens with zero attached hydrogens (tertiary/aromatic N) is 1. The summed E-state index contributed by atoms with van der Waals surface area (Å²) < 4.78 is 5.44. The highest BCUT2D eigenvalue weighted by molar-refractivity contribution is 5.93. The van der Waals surface area contributed by atoms with Crippen molar-refractivity contribution in [1.82, 2.24) is 4.90 Å². The van der Waals surface area contributed by atoms with Gasteiger partial charge in [-0.3, -0.25) is 9.69 Å². The van der Waals surface area contributed by atoms with Gasteiger partial charge in [0, 0.05) is 12.2 Å². The molecule has 0 saturated carbocycles. The van der Waals surface area contributed by atoms with E-state index in [9.17, 15) is 4.79 Å². The predicted molar refractivity (Wildman–Crippen MR) is 89.8 cm³/mol. The molecule has 4 nitrogen and oxygen atoms in total. The quantitative estimate of drug-likeness (QED) is 0.592. The molecule has 1 aromatic carbocycles. The van der Waals surface area contributed by atoms with E-state index >= 15 is 0 Å². The third-order valence-corrected chi connectivity index (χ3v) is 3.89. The van der Waals surface area contributed by atoms with Crippen LogP contribution in [0.5, 0.6) is 0 Å². The van der Waals surface area contributed by atoms with Crippen molar-refractivity contribution in [3.8, 4) is 0 Å². The number of amides is 1. The highest BCUT2D eigenvalue weighted by atomic mass is 16.5. The molecule has 1 N–H and O–H groups in total. The van der Waals surface area contributed by atoms with E-state index in [2.05, 4.69) is 28.9 Å². The Bertz CT molecular complexity index is 478. The molecule has 120 valence electrons. The number of hydrogen-bond donors (Lipinski definition) is 1. The molecule has 1 fully saturated rings. The zero-order valence-corrected chi connectivity index (χ0v) is 13.4. The normalized spacial score (nSPS) is 16.4. The molecule has 1 aliphatic heterocycles. The van der Waals surface area contributed by atoms with E-state index in [1.807, 2.05) is 12.1 Å². The molecule has 1 atom stereocenters. The molecule has 2 rings (SSSR count). The topological polar surface area (TPSA) is 41.6 Å². The predicted octanol–water partition coefficient (Wildman–Crippen LogP) is 3.20. The number of benzene rings is 1. The molecule has 1 amide bonds. The van der Waals surface area contributed by atoms with Gasteiger partial charge in [-0.15, -0.1) is 6.58 Å². The molecule has 0 radical (unpaired) electrons. The molecule has 1 unspecified atom stereocenters. The lowest BCUT2D eigenvalue weighted by molar-refractivity contribution is -0.126. The molecule has 0 bridgehead atoms. The van der Waals surface area contributed by atoms with Crippen LogP contribution in [0.15, 0.2) is 36.9 Å². The molecular formula is C18H26N2O2. The summed E-state index contributed by atoms with van der Waals surface area (Å²) in [5, 5.41) is 2.89. The fraction of sp³-hybridized carbons (Fsp3) is 0.500. The van der Waals surface area contributed by atoms with E-state index in [1.54, 1.807) is 13.0 Å². The van der Waals surface area contributed by atoms with Gasteiger partial charge in [-0.05, 0) is 57.0 Å². The number of likely N-dealkylation sites (tertiary alicyclic amines) is 1. The van der Waals surface area contributed by atoms with Crippen LogP contribution in [0.1, 0.15) is 31.7 Å². The smallest absolute Gasteiger partial charge is 0.253 e. The number of carbonyl (C=O) groups is 1. The Morgan fingerprint density at radius 3 is 2.68 bits per heavy atom. The van der Waals surface area contributed by atoms with Crippen molar-refractivity contribution in [2.45, 2.75) is 38.8 Å². The molecule has 1 aliphatic rings. The van der Waals surface area contributed by atoms with Gasteiger partial charge in [0.15, 0.2) is 0 Å². The van der Waals surface area contributed by atoms with E-state index in [-0.39, 0.29) is 5.91 Å². The average molecular weight is 302 g/mol. The van der Waals surface area contributed by atoms with Gasteiger partial charge < -0.3 is 10.1 Å². The second kappa shape index (κ2) is 8.71. The second-order valence-corrected chi connectivity index (χ2v) is 5.76. The molecule has 0 aromatic heterocycles. The van der Waals surface area contributed by atoms with Crippen LogP contribution in [0, 0.1) is 0 Å². The molecule has 4 heteroatoms. The maximum atomic E-state index is 12.0. The third kappa shape index (κ3) is 5.28. The van der Waals surface area contributed by atoms with Crippen LogP contribution in [0.3, 0.4) is 0 Å². The van der Waals surface area contributed by atoms with Crippen LogP contribution in [0.2, 0.25) is 0 Å². The van der Waals surface area contributed by atoms with Gasteiger partial charge >= 0.3 is 0 Å². The standard InChI is InChI=1S/C18H26N2O2/c1-3-4-13-22-15(2)18(21)19-17-9-7-16(8-10-17)14-20-11-5-6-12-20/h3,7-10,15H,1,4-6,11-14H2,2H3,(H,19,21). The zero-order chi connectivity index (χ0) is 15.8. The van der Waals surface area contributed by atoms with Crippen LogP contribution in [0.25, 0.3) is 0 Å². The Morgan fingerprint density at radius 2 is 2.05 bits per heavy atom. The van der Waals surface area contributed by atoms with Crippen LogP contribution in [0.4, 0.5) is 5.69 Å². The highest BCUT2D eigenvalue weighted by Crippen LogP contribution is 2.15. The van der Waals surface area contributed by atoms with Crippen molar-refractivity contribution >= 4 is 11.6 Å². The van der Waals surface area contributed by atoms with Crippen molar-refractivity contribution in [2.24, 2.45) is 0 Å². The molecule has 0 spiro atoms. The van der Waals surface area contributed by atoms with Gasteiger partial charge in [-0.2, -0.15) is 0 Å². The summed E-state index contributed by atoms with van der Waals surface area (Å²) >= 11 is 0. The summed E-state index contributed by atoms with van der Waals surface area (Å²) in [4.78, 5) is 14.5. The van der Waals surface area contributed by atoms with Crippen LogP contribution >= 0.6 is 0 Å². The molecule has 1 aromatic rings. The van der Waals surface area contributed by atoms with Crippen LogP contribution in [-0.2, 0) is 16.1 Å². The molecule has 1 saturated heterocycles. The fourth-order valence-electron chi connectivity index (χ4n) is 2.54. The number of nitrogens with one attached hydrogen (secondary N) is 1. The first kappa shape index (κ1) is 16.7. The van der Waals surface area contributed by atoms with Gasteiger partial charge in [0.05, 0.1) is 6.61 Å². The molecule has 22 heavy (non-hydrogen) atoms. The van der Waals surface area contributed by atoms with Crippen molar-refractivity contribution in [3.05, 3.63) is 42.5 Å². The summed E-state index contributed by atoms with van der Waals surface area (Å²) in [6.07, 6.45) is 4.69. The van der Waals surface area contributed by atoms with Gasteiger partial charge in [-0.25, -0.2) is 0 Å². The lowest BCUT2D eigenvalue weighted by atomic mass is 10.2. The maximum Gasteiger partial charge on any atom is 0.253 e. The van der Waals surface area contributed by atoms with E-state index in [0.717, 1.165) is 18.7 Å². The molecule has 1 heterocycles. The Kier molecular flexibility index (Phi) is 6.62. The number of ether oxygens (including phenoxy) is 1. The second-order valence-electron chi connectivity index (χ2n) is 5.76. The summed E-state index contributed by atoms with van der Waals surface area (Å²) in [7, 11) is 0. The summed E-state index contributed by atoms with van der Waals surface area (Å²) in [6, 6.07) is 8.08. The first-order valence-electron chi connectivity index (χ1n) is 8.03. The van der Waals surface area contributed by atoms with Gasteiger partial charge in [-0.1, -0.05) is 18.2 Å². The van der Waals surface area contributed by atoms with E-state index in [1.165, 1.54) is 31.5 Å². The average Bonchev–Trinajstić information content (AvgIpc) is 3.02. The van der Waals surface area contributed by atoms with Gasteiger partial charge in [0.1, 0.15) is 6.10 Å². The first-order chi connectivity index (χ1) is 10.7. The number of anilines is 1. The van der Waals surface area contributed by atoms with E-state index < -0.39 is 6.10 Å². The Balaban J connectivity index is 1.79. The van der Waals surface area contributed by atoms with Gasteiger partial charge in [0.25, 0.3) is 5.91 Å². The lowest BCUT2D eigenvalue weighted by Gasteiger charge is -2.15. The fourth-order valence-corrected chi connectivity index (χ4v) is 2.54. The minimum Gasteiger partial charge on any atom is -0.368 e. The number of hydrogen-bond acceptors (Lipinski definition) is 3. The lowest BCUT2D eigenvalue weighted by Crippen LogP contribution is -2.28. The SMILES string of the molecule is C=CCCOC(C)C(=O)Nc1ccc(CN2CCCC2)cc1. The van der Waals surface area contributed by atoms with Crippen LogP contribution < -0.4 is 5.32 Å². The Morgan fingerprint density at radius 1 is 1.36 bits per heavy atom. The number of carbonyl (C=O) groups excluding carboxylic acids is 1. The highest BCUT2D eigenvalue weighted by Gasteiger charge is 2.14. The Labute approximate surface area is 133 Å². The monoisotopic (exact) mass is 302 g/mol. The first-order valence-corrected chi connectivity index (χ1v) is 8.03. The largest absolute Gasteiger partial charge is 0.368 e. The summed E-state index contributed by atoms with van der Waals surface area (Å²) in [5.41, 5.74) is 2.10. The molecule has 0 aliphatic carbocycles. The van der Waals surface area contributed by atoms with E-state index in [4.69, 9.17) is 4.74 Å². The minimum absolute atomic E-state index is 0.114.